The number of pyridine rings is 1. The zero-order valence-electron chi connectivity index (χ0n) is 7.39. The van der Waals surface area contributed by atoms with Gasteiger partial charge in [-0.25, -0.2) is 0 Å². The number of hydrogen-bond acceptors (Lipinski definition) is 1. The normalized spacial score (nSPS) is 10.4. The topological polar surface area (TPSA) is 22.0 Å². The Labute approximate surface area is 90.7 Å². The zero-order valence-corrected chi connectivity index (χ0v) is 9.73. The minimum Gasteiger partial charge on any atom is -0.313 e. The first kappa shape index (κ1) is 10.8. The Morgan fingerprint density at radius 3 is 2.92 bits per heavy atom. The van der Waals surface area contributed by atoms with Crippen LogP contribution in [-0.2, 0) is 6.54 Å². The fourth-order valence-corrected chi connectivity index (χ4v) is 1.89. The number of unbranched alkanes of at least 4 members (excludes halogenated alkanes) is 1. The van der Waals surface area contributed by atoms with Gasteiger partial charge in [0.15, 0.2) is 0 Å². The van der Waals surface area contributed by atoms with Crippen molar-refractivity contribution in [1.82, 2.24) is 4.57 Å². The van der Waals surface area contributed by atoms with E-state index in [1.165, 1.54) is 0 Å². The second-order valence-electron chi connectivity index (χ2n) is 2.86. The molecule has 13 heavy (non-hydrogen) atoms. The molecule has 1 heterocycles. The molecule has 0 fully saturated rings. The molecule has 1 rings (SSSR count). The molecule has 4 heteroatoms. The molecule has 0 aliphatic rings. The number of hydrogen-bond donors (Lipinski definition) is 0. The van der Waals surface area contributed by atoms with Gasteiger partial charge in [-0.05, 0) is 28.4 Å². The molecule has 0 aliphatic carbocycles. The van der Waals surface area contributed by atoms with E-state index in [1.807, 2.05) is 0 Å². The Balaban J connectivity index is 2.99. The van der Waals surface area contributed by atoms with Gasteiger partial charge in [0.05, 0.1) is 0 Å². The van der Waals surface area contributed by atoms with Crippen LogP contribution in [0.4, 0.5) is 0 Å². The Hall–Kier alpha value is -0.280. The van der Waals surface area contributed by atoms with E-state index in [9.17, 15) is 4.79 Å². The van der Waals surface area contributed by atoms with Crippen LogP contribution >= 0.6 is 27.5 Å². The summed E-state index contributed by atoms with van der Waals surface area (Å²) in [7, 11) is 0. The fraction of sp³-hybridized carbons (Fsp3) is 0.444. The molecule has 0 amide bonds. The zero-order chi connectivity index (χ0) is 9.84. The van der Waals surface area contributed by atoms with Crippen LogP contribution in [0.5, 0.6) is 0 Å². The van der Waals surface area contributed by atoms with Gasteiger partial charge in [0.25, 0.3) is 5.56 Å². The smallest absolute Gasteiger partial charge is 0.269 e. The second-order valence-corrected chi connectivity index (χ2v) is 4.18. The minimum atomic E-state index is -0.113. The molecule has 0 atom stereocenters. The van der Waals surface area contributed by atoms with Crippen LogP contribution in [0.1, 0.15) is 19.8 Å². The number of rotatable bonds is 3. The number of aryl methyl sites for hydroxylation is 1. The third kappa shape index (κ3) is 2.85. The van der Waals surface area contributed by atoms with E-state index in [4.69, 9.17) is 11.6 Å². The van der Waals surface area contributed by atoms with Crippen molar-refractivity contribution in [2.75, 3.05) is 0 Å². The van der Waals surface area contributed by atoms with E-state index < -0.39 is 0 Å². The minimum absolute atomic E-state index is 0.113. The molecule has 0 aromatic carbocycles. The van der Waals surface area contributed by atoms with Gasteiger partial charge in [-0.15, -0.1) is 0 Å². The highest BCUT2D eigenvalue weighted by Gasteiger charge is 2.02. The van der Waals surface area contributed by atoms with Gasteiger partial charge in [-0.2, -0.15) is 0 Å². The predicted octanol–water partition coefficient (Wildman–Crippen LogP) is 3.06. The van der Waals surface area contributed by atoms with Crippen LogP contribution in [0.3, 0.4) is 0 Å². The van der Waals surface area contributed by atoms with Crippen molar-refractivity contribution in [2.45, 2.75) is 26.3 Å². The Bertz CT molecular complexity index is 348. The first-order valence-corrected chi connectivity index (χ1v) is 5.37. The van der Waals surface area contributed by atoms with E-state index in [2.05, 4.69) is 22.9 Å². The van der Waals surface area contributed by atoms with Crippen LogP contribution in [0.25, 0.3) is 0 Å². The van der Waals surface area contributed by atoms with Gasteiger partial charge in [-0.3, -0.25) is 4.79 Å². The average Bonchev–Trinajstić information content (AvgIpc) is 2.09. The SMILES string of the molecule is CCCCn1cc(Br)cc(Cl)c1=O. The van der Waals surface area contributed by atoms with Crippen molar-refractivity contribution in [1.29, 1.82) is 0 Å². The highest BCUT2D eigenvalue weighted by atomic mass is 79.9. The fourth-order valence-electron chi connectivity index (χ4n) is 1.06. The highest BCUT2D eigenvalue weighted by Crippen LogP contribution is 2.12. The van der Waals surface area contributed by atoms with Crippen molar-refractivity contribution in [3.63, 3.8) is 0 Å². The summed E-state index contributed by atoms with van der Waals surface area (Å²) in [6.07, 6.45) is 3.83. The van der Waals surface area contributed by atoms with E-state index in [0.717, 1.165) is 23.9 Å². The van der Waals surface area contributed by atoms with Crippen LogP contribution < -0.4 is 5.56 Å². The maximum absolute atomic E-state index is 11.4. The molecular formula is C9H11BrClNO. The molecule has 1 aromatic heterocycles. The van der Waals surface area contributed by atoms with Gasteiger partial charge in [0.2, 0.25) is 0 Å². The average molecular weight is 265 g/mol. The lowest BCUT2D eigenvalue weighted by molar-refractivity contribution is 0.612. The summed E-state index contributed by atoms with van der Waals surface area (Å²) < 4.78 is 2.48. The molecule has 0 aliphatic heterocycles. The summed E-state index contributed by atoms with van der Waals surface area (Å²) in [5.74, 6) is 0. The molecule has 2 nitrogen and oxygen atoms in total. The van der Waals surface area contributed by atoms with Gasteiger partial charge >= 0.3 is 0 Å². The monoisotopic (exact) mass is 263 g/mol. The molecule has 0 bridgehead atoms. The maximum atomic E-state index is 11.4. The quantitative estimate of drug-likeness (QED) is 0.822. The maximum Gasteiger partial charge on any atom is 0.269 e. The van der Waals surface area contributed by atoms with Crippen LogP contribution in [0, 0.1) is 0 Å². The van der Waals surface area contributed by atoms with Gasteiger partial charge in [0, 0.05) is 17.2 Å². The number of halogens is 2. The van der Waals surface area contributed by atoms with E-state index in [-0.39, 0.29) is 10.6 Å². The van der Waals surface area contributed by atoms with Crippen LogP contribution in [0.2, 0.25) is 5.02 Å². The van der Waals surface area contributed by atoms with Gasteiger partial charge < -0.3 is 4.57 Å². The molecule has 0 radical (unpaired) electrons. The van der Waals surface area contributed by atoms with E-state index in [0.29, 0.717) is 0 Å². The molecule has 0 N–H and O–H groups in total. The Morgan fingerprint density at radius 1 is 1.62 bits per heavy atom. The summed E-state index contributed by atoms with van der Waals surface area (Å²) in [5.41, 5.74) is -0.113. The third-order valence-electron chi connectivity index (χ3n) is 1.76. The van der Waals surface area contributed by atoms with Crippen molar-refractivity contribution in [3.05, 3.63) is 32.1 Å². The number of nitrogens with zero attached hydrogens (tertiary/aromatic N) is 1. The summed E-state index contributed by atoms with van der Waals surface area (Å²) in [6, 6.07) is 1.62. The third-order valence-corrected chi connectivity index (χ3v) is 2.47. The van der Waals surface area contributed by atoms with Gasteiger partial charge in [0.1, 0.15) is 5.02 Å². The van der Waals surface area contributed by atoms with Crippen LogP contribution in [-0.4, -0.2) is 4.57 Å². The van der Waals surface area contributed by atoms with Crippen molar-refractivity contribution in [3.8, 4) is 0 Å². The van der Waals surface area contributed by atoms with Gasteiger partial charge in [-0.1, -0.05) is 24.9 Å². The Morgan fingerprint density at radius 2 is 2.31 bits per heavy atom. The molecule has 1 aromatic rings. The molecule has 0 spiro atoms. The van der Waals surface area contributed by atoms with E-state index in [1.54, 1.807) is 16.8 Å². The van der Waals surface area contributed by atoms with Crippen molar-refractivity contribution >= 4 is 27.5 Å². The number of aromatic nitrogens is 1. The highest BCUT2D eigenvalue weighted by molar-refractivity contribution is 9.10. The summed E-state index contributed by atoms with van der Waals surface area (Å²) in [5, 5.41) is 0.269. The van der Waals surface area contributed by atoms with Crippen molar-refractivity contribution < 1.29 is 0 Å². The molecule has 0 saturated carbocycles. The van der Waals surface area contributed by atoms with Crippen LogP contribution in [0.15, 0.2) is 21.5 Å². The lowest BCUT2D eigenvalue weighted by Crippen LogP contribution is -2.19. The Kier molecular flexibility index (Phi) is 4.00. The standard InChI is InChI=1S/C9H11BrClNO/c1-2-3-4-12-6-7(10)5-8(11)9(12)13/h5-6H,2-4H2,1H3. The first-order chi connectivity index (χ1) is 6.15. The van der Waals surface area contributed by atoms with Crippen molar-refractivity contribution in [2.24, 2.45) is 0 Å². The van der Waals surface area contributed by atoms with E-state index >= 15 is 0 Å². The summed E-state index contributed by atoms with van der Waals surface area (Å²) >= 11 is 9.03. The predicted molar refractivity (Wildman–Crippen MR) is 58.3 cm³/mol. The second kappa shape index (κ2) is 4.82. The summed E-state index contributed by atoms with van der Waals surface area (Å²) in [4.78, 5) is 11.4. The first-order valence-electron chi connectivity index (χ1n) is 4.20. The largest absolute Gasteiger partial charge is 0.313 e. The molecular weight excluding hydrogens is 253 g/mol. The molecule has 0 saturated heterocycles. The molecule has 0 unspecified atom stereocenters. The summed E-state index contributed by atoms with van der Waals surface area (Å²) in [6.45, 7) is 2.82. The lowest BCUT2D eigenvalue weighted by atomic mass is 10.3. The lowest BCUT2D eigenvalue weighted by Gasteiger charge is -2.05. The molecule has 72 valence electrons.